The van der Waals surface area contributed by atoms with E-state index in [0.29, 0.717) is 11.8 Å². The Hall–Kier alpha value is -0.900. The molecule has 2 atom stereocenters. The Morgan fingerprint density at radius 3 is 2.26 bits per heavy atom. The number of aldehydes is 1. The summed E-state index contributed by atoms with van der Waals surface area (Å²) in [4.78, 5) is 19.1. The Labute approximate surface area is 120 Å². The second-order valence-corrected chi connectivity index (χ2v) is 7.94. The fraction of sp³-hybridized carbons (Fsp3) is 0.733. The topological polar surface area (TPSA) is 33.2 Å². The van der Waals surface area contributed by atoms with Gasteiger partial charge in [-0.3, -0.25) is 4.79 Å². The summed E-state index contributed by atoms with van der Waals surface area (Å²) in [5.41, 5.74) is 0.867. The average Bonchev–Trinajstić information content (AvgIpc) is 2.71. The Bertz CT molecular complexity index is 451. The predicted molar refractivity (Wildman–Crippen MR) is 81.4 cm³/mol. The van der Waals surface area contributed by atoms with E-state index in [4.69, 9.17) is 4.98 Å². The molecule has 0 N–H and O–H groups in total. The van der Waals surface area contributed by atoms with Crippen LogP contribution < -0.4 is 4.90 Å². The van der Waals surface area contributed by atoms with Gasteiger partial charge in [-0.05, 0) is 18.3 Å². The SMILES string of the molecule is CC1CC(C)CN(c2nc(C(C)(C)C)c(C=O)s2)C1. The first-order valence-corrected chi connectivity index (χ1v) is 7.84. The molecular formula is C15H24N2OS. The van der Waals surface area contributed by atoms with Crippen LogP contribution in [0, 0.1) is 11.8 Å². The number of rotatable bonds is 2. The van der Waals surface area contributed by atoms with E-state index in [-0.39, 0.29) is 5.41 Å². The standard InChI is InChI=1S/C15H24N2OS/c1-10-6-11(2)8-17(7-10)14-16-13(15(3,4)5)12(9-18)19-14/h9-11H,6-8H2,1-5H3. The molecule has 106 valence electrons. The number of anilines is 1. The van der Waals surface area contributed by atoms with E-state index >= 15 is 0 Å². The first kappa shape index (κ1) is 14.5. The van der Waals surface area contributed by atoms with E-state index < -0.39 is 0 Å². The van der Waals surface area contributed by atoms with Crippen LogP contribution in [0.1, 0.15) is 56.4 Å². The molecule has 0 aliphatic carbocycles. The highest BCUT2D eigenvalue weighted by molar-refractivity contribution is 7.17. The Kier molecular flexibility index (Phi) is 4.00. The molecule has 1 fully saturated rings. The molecule has 3 nitrogen and oxygen atoms in total. The highest BCUT2D eigenvalue weighted by atomic mass is 32.1. The van der Waals surface area contributed by atoms with Crippen molar-refractivity contribution in [2.75, 3.05) is 18.0 Å². The zero-order valence-corrected chi connectivity index (χ0v) is 13.4. The van der Waals surface area contributed by atoms with E-state index in [2.05, 4.69) is 39.5 Å². The third-order valence-electron chi connectivity index (χ3n) is 3.60. The first-order chi connectivity index (χ1) is 8.81. The van der Waals surface area contributed by atoms with Gasteiger partial charge in [-0.1, -0.05) is 46.0 Å². The van der Waals surface area contributed by atoms with Crippen molar-refractivity contribution in [2.24, 2.45) is 11.8 Å². The van der Waals surface area contributed by atoms with Gasteiger partial charge in [-0.2, -0.15) is 0 Å². The molecule has 0 amide bonds. The lowest BCUT2D eigenvalue weighted by atomic mass is 9.91. The second kappa shape index (κ2) is 5.23. The summed E-state index contributed by atoms with van der Waals surface area (Å²) in [5.74, 6) is 1.40. The molecular weight excluding hydrogens is 256 g/mol. The largest absolute Gasteiger partial charge is 0.348 e. The minimum absolute atomic E-state index is 0.0714. The number of thiazole rings is 1. The van der Waals surface area contributed by atoms with Gasteiger partial charge in [0, 0.05) is 18.5 Å². The summed E-state index contributed by atoms with van der Waals surface area (Å²) in [6.07, 6.45) is 2.24. The molecule has 0 spiro atoms. The zero-order valence-electron chi connectivity index (χ0n) is 12.6. The minimum atomic E-state index is -0.0714. The van der Waals surface area contributed by atoms with Crippen molar-refractivity contribution < 1.29 is 4.79 Å². The molecule has 0 saturated carbocycles. The van der Waals surface area contributed by atoms with E-state index in [0.717, 1.165) is 35.1 Å². The Balaban J connectivity index is 2.30. The van der Waals surface area contributed by atoms with Crippen LogP contribution >= 0.6 is 11.3 Å². The van der Waals surface area contributed by atoms with E-state index in [9.17, 15) is 4.79 Å². The lowest BCUT2D eigenvalue weighted by Crippen LogP contribution is -2.38. The van der Waals surface area contributed by atoms with Crippen molar-refractivity contribution in [1.29, 1.82) is 0 Å². The number of piperidine rings is 1. The van der Waals surface area contributed by atoms with Crippen molar-refractivity contribution in [2.45, 2.75) is 46.5 Å². The van der Waals surface area contributed by atoms with Gasteiger partial charge in [0.15, 0.2) is 11.4 Å². The van der Waals surface area contributed by atoms with Crippen molar-refractivity contribution in [3.8, 4) is 0 Å². The Morgan fingerprint density at radius 1 is 1.26 bits per heavy atom. The van der Waals surface area contributed by atoms with Crippen LogP contribution in [0.5, 0.6) is 0 Å². The molecule has 0 bridgehead atoms. The molecule has 2 heterocycles. The van der Waals surface area contributed by atoms with E-state index in [1.54, 1.807) is 11.3 Å². The number of nitrogens with zero attached hydrogens (tertiary/aromatic N) is 2. The molecule has 2 unspecified atom stereocenters. The third-order valence-corrected chi connectivity index (χ3v) is 4.64. The van der Waals surface area contributed by atoms with Crippen LogP contribution in [-0.4, -0.2) is 24.4 Å². The molecule has 2 rings (SSSR count). The summed E-state index contributed by atoms with van der Waals surface area (Å²) in [6.45, 7) is 13.0. The lowest BCUT2D eigenvalue weighted by molar-refractivity contribution is 0.112. The third kappa shape index (κ3) is 3.16. The van der Waals surface area contributed by atoms with E-state index in [1.807, 2.05) is 0 Å². The minimum Gasteiger partial charge on any atom is -0.348 e. The maximum absolute atomic E-state index is 11.3. The summed E-state index contributed by atoms with van der Waals surface area (Å²) >= 11 is 1.54. The molecule has 19 heavy (non-hydrogen) atoms. The van der Waals surface area contributed by atoms with Crippen molar-refractivity contribution >= 4 is 22.8 Å². The number of hydrogen-bond acceptors (Lipinski definition) is 4. The number of aromatic nitrogens is 1. The van der Waals surface area contributed by atoms with Crippen LogP contribution in [0.2, 0.25) is 0 Å². The molecule has 1 aliphatic heterocycles. The van der Waals surface area contributed by atoms with Crippen LogP contribution in [0.25, 0.3) is 0 Å². The Morgan fingerprint density at radius 2 is 1.84 bits per heavy atom. The zero-order chi connectivity index (χ0) is 14.2. The number of hydrogen-bond donors (Lipinski definition) is 0. The van der Waals surface area contributed by atoms with Crippen molar-refractivity contribution in [3.05, 3.63) is 10.6 Å². The molecule has 1 aliphatic rings. The molecule has 1 aromatic heterocycles. The van der Waals surface area contributed by atoms with Crippen LogP contribution in [-0.2, 0) is 5.41 Å². The van der Waals surface area contributed by atoms with Crippen LogP contribution in [0.4, 0.5) is 5.13 Å². The monoisotopic (exact) mass is 280 g/mol. The van der Waals surface area contributed by atoms with Gasteiger partial charge < -0.3 is 4.90 Å². The summed E-state index contributed by atoms with van der Waals surface area (Å²) in [5, 5.41) is 1.02. The average molecular weight is 280 g/mol. The lowest BCUT2D eigenvalue weighted by Gasteiger charge is -2.34. The molecule has 4 heteroatoms. The van der Waals surface area contributed by atoms with Gasteiger partial charge >= 0.3 is 0 Å². The summed E-state index contributed by atoms with van der Waals surface area (Å²) in [7, 11) is 0. The van der Waals surface area contributed by atoms with Crippen LogP contribution in [0.3, 0.4) is 0 Å². The maximum atomic E-state index is 11.3. The fourth-order valence-electron chi connectivity index (χ4n) is 2.89. The summed E-state index contributed by atoms with van der Waals surface area (Å²) < 4.78 is 0. The quantitative estimate of drug-likeness (QED) is 0.774. The maximum Gasteiger partial charge on any atom is 0.186 e. The van der Waals surface area contributed by atoms with Gasteiger partial charge in [0.2, 0.25) is 0 Å². The molecule has 0 aromatic carbocycles. The van der Waals surface area contributed by atoms with Gasteiger partial charge in [0.05, 0.1) is 10.6 Å². The van der Waals surface area contributed by atoms with Gasteiger partial charge in [-0.25, -0.2) is 4.98 Å². The number of carbonyl (C=O) groups excluding carboxylic acids is 1. The van der Waals surface area contributed by atoms with Crippen molar-refractivity contribution in [1.82, 2.24) is 4.98 Å². The second-order valence-electron chi connectivity index (χ2n) is 6.93. The molecule has 1 aromatic rings. The highest BCUT2D eigenvalue weighted by Gasteiger charge is 2.28. The van der Waals surface area contributed by atoms with Gasteiger partial charge in [-0.15, -0.1) is 0 Å². The van der Waals surface area contributed by atoms with E-state index in [1.165, 1.54) is 6.42 Å². The smallest absolute Gasteiger partial charge is 0.186 e. The van der Waals surface area contributed by atoms with Gasteiger partial charge in [0.25, 0.3) is 0 Å². The first-order valence-electron chi connectivity index (χ1n) is 7.02. The molecule has 0 radical (unpaired) electrons. The number of carbonyl (C=O) groups is 1. The van der Waals surface area contributed by atoms with Crippen LogP contribution in [0.15, 0.2) is 0 Å². The normalized spacial score (nSPS) is 24.6. The van der Waals surface area contributed by atoms with Gasteiger partial charge in [0.1, 0.15) is 0 Å². The fourth-order valence-corrected chi connectivity index (χ4v) is 4.00. The highest BCUT2D eigenvalue weighted by Crippen LogP contribution is 2.35. The molecule has 1 saturated heterocycles. The predicted octanol–water partition coefficient (Wildman–Crippen LogP) is 3.74. The van der Waals surface area contributed by atoms with Crippen molar-refractivity contribution in [3.63, 3.8) is 0 Å². The summed E-state index contributed by atoms with van der Waals surface area (Å²) in [6, 6.07) is 0.